The molecule has 4 nitrogen and oxygen atoms in total. The molecule has 0 spiro atoms. The molecule has 0 radical (unpaired) electrons. The number of benzene rings is 1. The largest absolute Gasteiger partial charge is 0.504 e. The molecule has 2 fully saturated rings. The van der Waals surface area contributed by atoms with Gasteiger partial charge in [-0.25, -0.2) is 0 Å². The van der Waals surface area contributed by atoms with E-state index in [4.69, 9.17) is 0 Å². The fourth-order valence-corrected chi connectivity index (χ4v) is 7.07. The van der Waals surface area contributed by atoms with Crippen LogP contribution in [0.3, 0.4) is 0 Å². The number of amides is 1. The number of rotatable bonds is 3. The van der Waals surface area contributed by atoms with E-state index < -0.39 is 5.41 Å². The van der Waals surface area contributed by atoms with Gasteiger partial charge in [0.05, 0.1) is 5.41 Å². The van der Waals surface area contributed by atoms with E-state index in [0.29, 0.717) is 0 Å². The molecular weight excluding hydrogens is 386 g/mol. The summed E-state index contributed by atoms with van der Waals surface area (Å²) < 4.78 is 0. The van der Waals surface area contributed by atoms with Crippen LogP contribution >= 0.6 is 0 Å². The van der Waals surface area contributed by atoms with E-state index in [0.717, 1.165) is 61.6 Å². The van der Waals surface area contributed by atoms with Crippen molar-refractivity contribution in [2.45, 2.75) is 116 Å². The van der Waals surface area contributed by atoms with Gasteiger partial charge in [-0.2, -0.15) is 0 Å². The van der Waals surface area contributed by atoms with E-state index >= 15 is 0 Å². The number of aryl methyl sites for hydroxylation is 1. The Morgan fingerprint density at radius 2 is 1.68 bits per heavy atom. The Kier molecular flexibility index (Phi) is 6.04. The maximum atomic E-state index is 14.2. The van der Waals surface area contributed by atoms with Gasteiger partial charge < -0.3 is 15.5 Å². The second-order valence-electron chi connectivity index (χ2n) is 11.4. The maximum Gasteiger partial charge on any atom is 0.231 e. The molecule has 4 heteroatoms. The van der Waals surface area contributed by atoms with Gasteiger partial charge in [0.2, 0.25) is 5.91 Å². The molecule has 3 N–H and O–H groups in total. The molecule has 172 valence electrons. The normalized spacial score (nSPS) is 28.5. The van der Waals surface area contributed by atoms with Crippen LogP contribution in [0.15, 0.2) is 6.07 Å². The van der Waals surface area contributed by atoms with Crippen molar-refractivity contribution < 1.29 is 15.0 Å². The number of carbonyl (C=O) groups is 1. The molecule has 1 aromatic rings. The molecule has 0 saturated heterocycles. The molecular formula is C27H41NO3. The van der Waals surface area contributed by atoms with Gasteiger partial charge in [0.25, 0.3) is 0 Å². The summed E-state index contributed by atoms with van der Waals surface area (Å²) in [6.07, 6.45) is 11.6. The zero-order valence-electron chi connectivity index (χ0n) is 19.9. The summed E-state index contributed by atoms with van der Waals surface area (Å²) in [4.78, 5) is 14.2. The zero-order chi connectivity index (χ0) is 22.4. The second-order valence-corrected chi connectivity index (χ2v) is 11.4. The minimum atomic E-state index is -0.751. The van der Waals surface area contributed by atoms with Crippen LogP contribution in [0.1, 0.15) is 115 Å². The van der Waals surface area contributed by atoms with Crippen LogP contribution in [0, 0.1) is 11.3 Å². The number of nitrogens with one attached hydrogen (secondary N) is 1. The third-order valence-electron chi connectivity index (χ3n) is 8.68. The number of phenolic OH excluding ortho intramolecular Hbond substituents is 2. The molecule has 0 aromatic heterocycles. The van der Waals surface area contributed by atoms with Crippen molar-refractivity contribution in [1.82, 2.24) is 5.32 Å². The number of aromatic hydroxyl groups is 2. The van der Waals surface area contributed by atoms with Gasteiger partial charge in [-0.15, -0.1) is 0 Å². The quantitative estimate of drug-likeness (QED) is 0.405. The van der Waals surface area contributed by atoms with E-state index in [1.54, 1.807) is 0 Å². The summed E-state index contributed by atoms with van der Waals surface area (Å²) in [6.45, 7) is 8.64. The Morgan fingerprint density at radius 3 is 2.32 bits per heavy atom. The van der Waals surface area contributed by atoms with Crippen LogP contribution in [-0.4, -0.2) is 22.2 Å². The Labute approximate surface area is 187 Å². The summed E-state index contributed by atoms with van der Waals surface area (Å²) >= 11 is 0. The van der Waals surface area contributed by atoms with Crippen molar-refractivity contribution in [3.63, 3.8) is 0 Å². The summed E-state index contributed by atoms with van der Waals surface area (Å²) in [7, 11) is 0. The first-order valence-electron chi connectivity index (χ1n) is 12.6. The van der Waals surface area contributed by atoms with Gasteiger partial charge in [-0.3, -0.25) is 4.79 Å². The molecule has 4 rings (SSSR count). The first-order valence-corrected chi connectivity index (χ1v) is 12.6. The predicted molar refractivity (Wildman–Crippen MR) is 125 cm³/mol. The van der Waals surface area contributed by atoms with E-state index in [1.807, 2.05) is 13.8 Å². The molecule has 31 heavy (non-hydrogen) atoms. The second kappa shape index (κ2) is 8.33. The van der Waals surface area contributed by atoms with Crippen molar-refractivity contribution in [2.24, 2.45) is 11.3 Å². The lowest BCUT2D eigenvalue weighted by Crippen LogP contribution is -2.59. The van der Waals surface area contributed by atoms with Crippen LogP contribution in [0.2, 0.25) is 0 Å². The van der Waals surface area contributed by atoms with Crippen molar-refractivity contribution >= 4 is 5.91 Å². The van der Waals surface area contributed by atoms with Gasteiger partial charge in [0.15, 0.2) is 11.5 Å². The van der Waals surface area contributed by atoms with E-state index in [1.165, 1.54) is 25.7 Å². The fraction of sp³-hybridized carbons (Fsp3) is 0.741. The Balaban J connectivity index is 1.83. The van der Waals surface area contributed by atoms with Crippen molar-refractivity contribution in [3.05, 3.63) is 22.8 Å². The summed E-state index contributed by atoms with van der Waals surface area (Å²) in [5.74, 6) is 0.305. The standard InChI is InChI=1S/C27H41NO3/c1-17(2)20-16-18-12-13-21-26(3,4)14-9-15-27(21,22(18)24(30)23(20)29)25(31)28-19-10-7-5-6-8-11-19/h16-17,19,21,29-30H,5-15H2,1-4H3,(H,28,31)/t21-,27+/m0/s1. The van der Waals surface area contributed by atoms with E-state index in [2.05, 4.69) is 25.2 Å². The molecule has 2 saturated carbocycles. The van der Waals surface area contributed by atoms with E-state index in [9.17, 15) is 15.0 Å². The molecule has 0 bridgehead atoms. The van der Waals surface area contributed by atoms with Crippen molar-refractivity contribution in [1.29, 1.82) is 0 Å². The lowest BCUT2D eigenvalue weighted by atomic mass is 9.49. The molecule has 1 amide bonds. The average Bonchev–Trinajstić information content (AvgIpc) is 2.98. The highest BCUT2D eigenvalue weighted by atomic mass is 16.3. The molecule has 2 atom stereocenters. The molecule has 0 aliphatic heterocycles. The number of fused-ring (bicyclic) bond motifs is 3. The average molecular weight is 428 g/mol. The Bertz CT molecular complexity index is 835. The SMILES string of the molecule is CC(C)c1cc2c(c(O)c1O)[C@@]1(C(=O)NC3CCCCCC3)CCCC(C)(C)[C@@H]1CC2. The van der Waals surface area contributed by atoms with Gasteiger partial charge >= 0.3 is 0 Å². The predicted octanol–water partition coefficient (Wildman–Crippen LogP) is 6.07. The number of hydrogen-bond acceptors (Lipinski definition) is 3. The lowest BCUT2D eigenvalue weighted by Gasteiger charge is -2.55. The van der Waals surface area contributed by atoms with Crippen LogP contribution < -0.4 is 5.32 Å². The fourth-order valence-electron chi connectivity index (χ4n) is 7.07. The van der Waals surface area contributed by atoms with Gasteiger partial charge in [-0.05, 0) is 61.3 Å². The highest BCUT2D eigenvalue weighted by Crippen LogP contribution is 2.60. The highest BCUT2D eigenvalue weighted by molar-refractivity contribution is 5.91. The van der Waals surface area contributed by atoms with Crippen LogP contribution in [0.4, 0.5) is 0 Å². The zero-order valence-corrected chi connectivity index (χ0v) is 19.9. The lowest BCUT2D eigenvalue weighted by molar-refractivity contribution is -0.136. The number of hydrogen-bond donors (Lipinski definition) is 3. The molecule has 3 aliphatic carbocycles. The molecule has 0 unspecified atom stereocenters. The topological polar surface area (TPSA) is 69.6 Å². The van der Waals surface area contributed by atoms with Crippen molar-refractivity contribution in [2.75, 3.05) is 0 Å². The molecule has 1 aromatic carbocycles. The summed E-state index contributed by atoms with van der Waals surface area (Å²) in [5, 5.41) is 25.7. The van der Waals surface area contributed by atoms with Crippen LogP contribution in [-0.2, 0) is 16.6 Å². The first kappa shape index (κ1) is 22.5. The monoisotopic (exact) mass is 427 g/mol. The number of phenols is 2. The number of carbonyl (C=O) groups excluding carboxylic acids is 1. The third kappa shape index (κ3) is 3.74. The highest BCUT2D eigenvalue weighted by Gasteiger charge is 2.58. The summed E-state index contributed by atoms with van der Waals surface area (Å²) in [5.41, 5.74) is 1.84. The van der Waals surface area contributed by atoms with Gasteiger partial charge in [-0.1, -0.05) is 65.9 Å². The minimum absolute atomic E-state index is 0.0233. The van der Waals surface area contributed by atoms with E-state index in [-0.39, 0.29) is 40.7 Å². The third-order valence-corrected chi connectivity index (χ3v) is 8.68. The van der Waals surface area contributed by atoms with Crippen molar-refractivity contribution in [3.8, 4) is 11.5 Å². The Hall–Kier alpha value is -1.71. The first-order chi connectivity index (χ1) is 14.7. The molecule has 3 aliphatic rings. The maximum absolute atomic E-state index is 14.2. The van der Waals surface area contributed by atoms with Gasteiger partial charge in [0, 0.05) is 17.2 Å². The smallest absolute Gasteiger partial charge is 0.231 e. The van der Waals surface area contributed by atoms with Crippen LogP contribution in [0.25, 0.3) is 0 Å². The minimum Gasteiger partial charge on any atom is -0.504 e. The van der Waals surface area contributed by atoms with Gasteiger partial charge in [0.1, 0.15) is 0 Å². The molecule has 0 heterocycles. The summed E-state index contributed by atoms with van der Waals surface area (Å²) in [6, 6.07) is 2.29. The Morgan fingerprint density at radius 1 is 1.00 bits per heavy atom. The van der Waals surface area contributed by atoms with Crippen LogP contribution in [0.5, 0.6) is 11.5 Å².